The molecule has 1 aromatic heterocycles. The van der Waals surface area contributed by atoms with Crippen molar-refractivity contribution in [1.29, 1.82) is 0 Å². The fraction of sp³-hybridized carbons (Fsp3) is 0.636. The van der Waals surface area contributed by atoms with Crippen LogP contribution in [0.1, 0.15) is 26.7 Å². The third-order valence-corrected chi connectivity index (χ3v) is 3.34. The van der Waals surface area contributed by atoms with Gasteiger partial charge in [-0.1, -0.05) is 0 Å². The van der Waals surface area contributed by atoms with Gasteiger partial charge in [0.05, 0.1) is 16.7 Å². The highest BCUT2D eigenvalue weighted by Crippen LogP contribution is 2.28. The molecule has 1 aliphatic heterocycles. The maximum Gasteiger partial charge on any atom is 0.232 e. The first kappa shape index (κ1) is 13.1. The lowest BCUT2D eigenvalue weighted by molar-refractivity contribution is -0.0731. The molecule has 1 aliphatic rings. The number of ether oxygens (including phenoxy) is 2. The summed E-state index contributed by atoms with van der Waals surface area (Å²) in [4.78, 5) is 7.93. The molecule has 6 heteroatoms. The average molecular weight is 322 g/mol. The van der Waals surface area contributed by atoms with Crippen molar-refractivity contribution >= 4 is 27.5 Å². The van der Waals surface area contributed by atoms with E-state index in [0.29, 0.717) is 10.4 Å². The summed E-state index contributed by atoms with van der Waals surface area (Å²) in [6.07, 6.45) is 3.84. The van der Waals surface area contributed by atoms with Gasteiger partial charge in [-0.15, -0.1) is 0 Å². The van der Waals surface area contributed by atoms with Crippen LogP contribution >= 0.6 is 27.5 Å². The Morgan fingerprint density at radius 1 is 1.41 bits per heavy atom. The lowest BCUT2D eigenvalue weighted by Gasteiger charge is -2.32. The van der Waals surface area contributed by atoms with E-state index in [1.807, 2.05) is 13.8 Å². The van der Waals surface area contributed by atoms with E-state index in [1.165, 1.54) is 0 Å². The van der Waals surface area contributed by atoms with Gasteiger partial charge in [-0.3, -0.25) is 0 Å². The highest BCUT2D eigenvalue weighted by molar-refractivity contribution is 9.10. The summed E-state index contributed by atoms with van der Waals surface area (Å²) in [6.45, 7) is 4.10. The Hall–Kier alpha value is -0.390. The molecule has 0 spiro atoms. The highest BCUT2D eigenvalue weighted by atomic mass is 79.9. The van der Waals surface area contributed by atoms with Gasteiger partial charge in [-0.25, -0.2) is 4.98 Å². The van der Waals surface area contributed by atoms with Crippen LogP contribution in [0.15, 0.2) is 10.7 Å². The normalized spacial score (nSPS) is 29.1. The molecule has 0 aliphatic carbocycles. The smallest absolute Gasteiger partial charge is 0.232 e. The third-order valence-electron chi connectivity index (χ3n) is 2.62. The maximum absolute atomic E-state index is 5.85. The molecule has 1 fully saturated rings. The molecule has 17 heavy (non-hydrogen) atoms. The monoisotopic (exact) mass is 320 g/mol. The molecule has 0 radical (unpaired) electrons. The summed E-state index contributed by atoms with van der Waals surface area (Å²) in [5.41, 5.74) is 0. The number of nitrogens with zero attached hydrogens (tertiary/aromatic N) is 2. The zero-order valence-electron chi connectivity index (χ0n) is 9.69. The fourth-order valence-corrected chi connectivity index (χ4v) is 2.42. The summed E-state index contributed by atoms with van der Waals surface area (Å²) < 4.78 is 12.2. The van der Waals surface area contributed by atoms with Crippen LogP contribution < -0.4 is 4.74 Å². The van der Waals surface area contributed by atoms with Gasteiger partial charge in [0.25, 0.3) is 0 Å². The Bertz CT molecular complexity index is 395. The van der Waals surface area contributed by atoms with Gasteiger partial charge in [-0.2, -0.15) is 4.98 Å². The van der Waals surface area contributed by atoms with Crippen molar-refractivity contribution in [2.24, 2.45) is 0 Å². The second-order valence-electron chi connectivity index (χ2n) is 4.26. The summed E-state index contributed by atoms with van der Waals surface area (Å²) in [5.74, 6) is 0.497. The van der Waals surface area contributed by atoms with Crippen LogP contribution in [-0.2, 0) is 4.74 Å². The van der Waals surface area contributed by atoms with E-state index in [0.717, 1.165) is 12.8 Å². The van der Waals surface area contributed by atoms with Crippen molar-refractivity contribution in [2.45, 2.75) is 45.0 Å². The summed E-state index contributed by atoms with van der Waals surface area (Å²) in [5, 5.41) is 0.191. The SMILES string of the molecule is CC1CC(Oc2nc(Cl)ncc2Br)CC(C)O1. The van der Waals surface area contributed by atoms with Crippen LogP contribution in [0.5, 0.6) is 5.88 Å². The van der Waals surface area contributed by atoms with E-state index < -0.39 is 0 Å². The minimum absolute atomic E-state index is 0.107. The van der Waals surface area contributed by atoms with Gasteiger partial charge >= 0.3 is 0 Å². The Labute approximate surface area is 114 Å². The summed E-state index contributed by atoms with van der Waals surface area (Å²) in [6, 6.07) is 0. The van der Waals surface area contributed by atoms with Gasteiger partial charge in [0.15, 0.2) is 0 Å². The van der Waals surface area contributed by atoms with Crippen molar-refractivity contribution in [2.75, 3.05) is 0 Å². The number of rotatable bonds is 2. The molecule has 94 valence electrons. The van der Waals surface area contributed by atoms with E-state index in [9.17, 15) is 0 Å². The van der Waals surface area contributed by atoms with Crippen LogP contribution in [-0.4, -0.2) is 28.3 Å². The van der Waals surface area contributed by atoms with Crippen LogP contribution in [0.2, 0.25) is 5.28 Å². The van der Waals surface area contributed by atoms with Gasteiger partial charge < -0.3 is 9.47 Å². The van der Waals surface area contributed by atoms with Gasteiger partial charge in [0.1, 0.15) is 6.10 Å². The lowest BCUT2D eigenvalue weighted by atomic mass is 10.0. The molecule has 2 rings (SSSR count). The molecular formula is C11H14BrClN2O2. The summed E-state index contributed by atoms with van der Waals surface area (Å²) in [7, 11) is 0. The van der Waals surface area contributed by atoms with Gasteiger partial charge in [0, 0.05) is 19.0 Å². The molecule has 0 aromatic carbocycles. The van der Waals surface area contributed by atoms with Gasteiger partial charge in [-0.05, 0) is 41.4 Å². The minimum Gasteiger partial charge on any atom is -0.473 e. The summed E-state index contributed by atoms with van der Waals surface area (Å²) >= 11 is 9.09. The second kappa shape index (κ2) is 5.50. The quantitative estimate of drug-likeness (QED) is 0.785. The average Bonchev–Trinajstić information content (AvgIpc) is 2.22. The second-order valence-corrected chi connectivity index (χ2v) is 5.45. The molecule has 2 atom stereocenters. The van der Waals surface area contributed by atoms with Gasteiger partial charge in [0.2, 0.25) is 11.2 Å². The van der Waals surface area contributed by atoms with Crippen LogP contribution in [0.3, 0.4) is 0 Å². The standard InChI is InChI=1S/C11H14BrClN2O2/c1-6-3-8(4-7(2)16-6)17-10-9(12)5-14-11(13)15-10/h5-8H,3-4H2,1-2H3. The van der Waals surface area contributed by atoms with Crippen LogP contribution in [0, 0.1) is 0 Å². The van der Waals surface area contributed by atoms with E-state index in [-0.39, 0.29) is 23.6 Å². The molecule has 2 heterocycles. The zero-order chi connectivity index (χ0) is 12.4. The van der Waals surface area contributed by atoms with E-state index >= 15 is 0 Å². The van der Waals surface area contributed by atoms with Crippen molar-refractivity contribution in [3.05, 3.63) is 16.0 Å². The molecule has 1 saturated heterocycles. The largest absolute Gasteiger partial charge is 0.473 e. The molecule has 0 N–H and O–H groups in total. The van der Waals surface area contributed by atoms with Crippen molar-refractivity contribution < 1.29 is 9.47 Å². The molecule has 4 nitrogen and oxygen atoms in total. The third kappa shape index (κ3) is 3.53. The predicted octanol–water partition coefficient (Wildman–Crippen LogP) is 3.23. The Morgan fingerprint density at radius 2 is 2.06 bits per heavy atom. The van der Waals surface area contributed by atoms with Crippen LogP contribution in [0.25, 0.3) is 0 Å². The highest BCUT2D eigenvalue weighted by Gasteiger charge is 2.26. The van der Waals surface area contributed by atoms with Crippen molar-refractivity contribution in [1.82, 2.24) is 9.97 Å². The molecule has 0 bridgehead atoms. The molecule has 2 unspecified atom stereocenters. The molecular weight excluding hydrogens is 307 g/mol. The Kier molecular flexibility index (Phi) is 4.22. The Balaban J connectivity index is 2.07. The lowest BCUT2D eigenvalue weighted by Crippen LogP contribution is -2.35. The molecule has 1 aromatic rings. The first-order valence-electron chi connectivity index (χ1n) is 5.54. The fourth-order valence-electron chi connectivity index (χ4n) is 2.01. The maximum atomic E-state index is 5.85. The number of aromatic nitrogens is 2. The number of hydrogen-bond donors (Lipinski definition) is 0. The van der Waals surface area contributed by atoms with E-state index in [1.54, 1.807) is 6.20 Å². The zero-order valence-corrected chi connectivity index (χ0v) is 12.0. The first-order valence-corrected chi connectivity index (χ1v) is 6.72. The topological polar surface area (TPSA) is 44.2 Å². The minimum atomic E-state index is 0.107. The molecule has 0 amide bonds. The predicted molar refractivity (Wildman–Crippen MR) is 68.4 cm³/mol. The molecule has 0 saturated carbocycles. The van der Waals surface area contributed by atoms with Crippen molar-refractivity contribution in [3.8, 4) is 5.88 Å². The van der Waals surface area contributed by atoms with E-state index in [4.69, 9.17) is 21.1 Å². The van der Waals surface area contributed by atoms with E-state index in [2.05, 4.69) is 25.9 Å². The Morgan fingerprint density at radius 3 is 2.71 bits per heavy atom. The number of halogens is 2. The van der Waals surface area contributed by atoms with Crippen LogP contribution in [0.4, 0.5) is 0 Å². The number of hydrogen-bond acceptors (Lipinski definition) is 4. The first-order chi connectivity index (χ1) is 8.04. The van der Waals surface area contributed by atoms with Crippen molar-refractivity contribution in [3.63, 3.8) is 0 Å².